The number of anilines is 1. The lowest BCUT2D eigenvalue weighted by molar-refractivity contribution is -0.140. The number of nitrogens with zero attached hydrogens (tertiary/aromatic N) is 7. The lowest BCUT2D eigenvalue weighted by Gasteiger charge is -2.18. The lowest BCUT2D eigenvalue weighted by Crippen LogP contribution is -2.22. The van der Waals surface area contributed by atoms with Crippen molar-refractivity contribution in [2.75, 3.05) is 18.0 Å². The first-order chi connectivity index (χ1) is 20.4. The fourth-order valence-electron chi connectivity index (χ4n) is 6.02. The Bertz CT molecular complexity index is 1770. The van der Waals surface area contributed by atoms with Crippen molar-refractivity contribution in [1.29, 1.82) is 0 Å². The summed E-state index contributed by atoms with van der Waals surface area (Å²) in [5.41, 5.74) is 5.69. The Morgan fingerprint density at radius 1 is 1.02 bits per heavy atom. The van der Waals surface area contributed by atoms with Crippen molar-refractivity contribution in [2.24, 2.45) is 5.92 Å². The van der Waals surface area contributed by atoms with E-state index in [4.69, 9.17) is 4.52 Å². The van der Waals surface area contributed by atoms with E-state index in [-0.39, 0.29) is 11.7 Å². The van der Waals surface area contributed by atoms with E-state index in [1.54, 1.807) is 30.6 Å². The van der Waals surface area contributed by atoms with Gasteiger partial charge in [-0.1, -0.05) is 31.1 Å². The molecule has 1 saturated carbocycles. The number of carboxylic acid groups (broad SMARTS) is 1. The zero-order chi connectivity index (χ0) is 29.0. The number of hydrogen-bond donors (Lipinski definition) is 2. The van der Waals surface area contributed by atoms with E-state index in [1.807, 2.05) is 32.0 Å². The number of aliphatic carboxylic acids is 1. The number of fused-ring (bicyclic) bond motifs is 1. The van der Waals surface area contributed by atoms with Crippen LogP contribution in [0.2, 0.25) is 0 Å². The van der Waals surface area contributed by atoms with Gasteiger partial charge in [-0.05, 0) is 49.4 Å². The maximum Gasteiger partial charge on any atom is 0.314 e. The summed E-state index contributed by atoms with van der Waals surface area (Å²) in [5, 5.41) is 33.0. The minimum atomic E-state index is -0.938. The largest absolute Gasteiger partial charge is 0.507 e. The number of phenolic OH excluding ortho intramolecular Hbond substituents is 1. The van der Waals surface area contributed by atoms with Gasteiger partial charge in [-0.3, -0.25) is 4.79 Å². The van der Waals surface area contributed by atoms with Crippen LogP contribution in [0.25, 0.3) is 33.5 Å². The van der Waals surface area contributed by atoms with Crippen molar-refractivity contribution in [2.45, 2.75) is 51.0 Å². The highest BCUT2D eigenvalue weighted by Crippen LogP contribution is 2.43. The zero-order valence-electron chi connectivity index (χ0n) is 23.4. The first-order valence-corrected chi connectivity index (χ1v) is 14.3. The zero-order valence-corrected chi connectivity index (χ0v) is 23.4. The Labute approximate surface area is 241 Å². The quantitative estimate of drug-likeness (QED) is 0.251. The molecule has 2 fully saturated rings. The first kappa shape index (κ1) is 26.1. The summed E-state index contributed by atoms with van der Waals surface area (Å²) in [4.78, 5) is 23.1. The van der Waals surface area contributed by atoms with Gasteiger partial charge in [0.1, 0.15) is 22.9 Å². The van der Waals surface area contributed by atoms with Crippen LogP contribution in [0.15, 0.2) is 59.4 Å². The highest BCUT2D eigenvalue weighted by Gasteiger charge is 2.34. The minimum absolute atomic E-state index is 0.130. The van der Waals surface area contributed by atoms with Crippen molar-refractivity contribution in [1.82, 2.24) is 29.9 Å². The molecule has 214 valence electrons. The highest BCUT2D eigenvalue weighted by atomic mass is 16.5. The molecule has 0 spiro atoms. The molecule has 0 bridgehead atoms. The molecule has 5 heterocycles. The van der Waals surface area contributed by atoms with Crippen molar-refractivity contribution >= 4 is 23.0 Å². The van der Waals surface area contributed by atoms with E-state index >= 15 is 0 Å². The average molecular weight is 566 g/mol. The van der Waals surface area contributed by atoms with Gasteiger partial charge < -0.3 is 24.2 Å². The molecule has 1 saturated heterocycles. The van der Waals surface area contributed by atoms with Gasteiger partial charge in [-0.25, -0.2) is 9.97 Å². The summed E-state index contributed by atoms with van der Waals surface area (Å²) in [5.74, 6) is -0.381. The van der Waals surface area contributed by atoms with Gasteiger partial charge in [-0.15, -0.1) is 10.2 Å². The second-order valence-corrected chi connectivity index (χ2v) is 11.6. The number of para-hydroxylation sites is 1. The summed E-state index contributed by atoms with van der Waals surface area (Å²) < 4.78 is 7.80. The molecule has 42 heavy (non-hydrogen) atoms. The molecule has 1 aromatic carbocycles. The van der Waals surface area contributed by atoms with Crippen LogP contribution in [0, 0.1) is 5.92 Å². The van der Waals surface area contributed by atoms with Crippen molar-refractivity contribution in [3.05, 3.63) is 66.3 Å². The number of hydrogen-bond acceptors (Lipinski definition) is 9. The number of carboxylic acids is 1. The Morgan fingerprint density at radius 3 is 2.52 bits per heavy atom. The maximum absolute atomic E-state index is 11.7. The molecule has 2 atom stereocenters. The molecule has 1 unspecified atom stereocenters. The van der Waals surface area contributed by atoms with Crippen LogP contribution in [0.1, 0.15) is 62.4 Å². The number of phenols is 1. The van der Waals surface area contributed by atoms with Gasteiger partial charge in [0, 0.05) is 60.3 Å². The van der Waals surface area contributed by atoms with Gasteiger partial charge in [0.25, 0.3) is 0 Å². The standard InChI is InChI=1S/C31H31N7O4/c1-17(2)29(30(40)41)28-13-22(36-42-28)19-14-32-31(33-15-19)37-10-9-18(16-37)25-12-24-26(38(25)20-7-8-20)11-23(34-35-24)21-5-3-4-6-27(21)39/h3-6,11-15,17-18,20,29,39H,7-10,16H2,1-2H3,(H,40,41)/t18-,29?/m0/s1. The van der Waals surface area contributed by atoms with E-state index < -0.39 is 11.9 Å². The Hall–Kier alpha value is -4.80. The summed E-state index contributed by atoms with van der Waals surface area (Å²) in [6.07, 6.45) is 6.66. The summed E-state index contributed by atoms with van der Waals surface area (Å²) in [6.45, 7) is 5.29. The highest BCUT2D eigenvalue weighted by molar-refractivity contribution is 5.82. The smallest absolute Gasteiger partial charge is 0.314 e. The summed E-state index contributed by atoms with van der Waals surface area (Å²) in [6, 6.07) is 13.5. The summed E-state index contributed by atoms with van der Waals surface area (Å²) in [7, 11) is 0. The van der Waals surface area contributed by atoms with E-state index in [9.17, 15) is 15.0 Å². The van der Waals surface area contributed by atoms with Gasteiger partial charge in [-0.2, -0.15) is 0 Å². The molecule has 5 aromatic rings. The van der Waals surface area contributed by atoms with Crippen LogP contribution in [-0.4, -0.2) is 59.2 Å². The topological polar surface area (TPSA) is 143 Å². The van der Waals surface area contributed by atoms with Crippen molar-refractivity contribution in [3.8, 4) is 28.3 Å². The van der Waals surface area contributed by atoms with Gasteiger partial charge in [0.15, 0.2) is 5.76 Å². The Kier molecular flexibility index (Phi) is 6.37. The van der Waals surface area contributed by atoms with Crippen LogP contribution in [-0.2, 0) is 4.79 Å². The average Bonchev–Trinajstić information content (AvgIpc) is 3.34. The fraction of sp³-hybridized carbons (Fsp3) is 0.355. The van der Waals surface area contributed by atoms with Gasteiger partial charge in [0.2, 0.25) is 5.95 Å². The predicted octanol–water partition coefficient (Wildman–Crippen LogP) is 5.40. The van der Waals surface area contributed by atoms with Crippen LogP contribution in [0.4, 0.5) is 5.95 Å². The third-order valence-corrected chi connectivity index (χ3v) is 8.31. The molecule has 1 aliphatic carbocycles. The molecule has 1 aliphatic heterocycles. The summed E-state index contributed by atoms with van der Waals surface area (Å²) >= 11 is 0. The molecule has 2 aliphatic rings. The monoisotopic (exact) mass is 565 g/mol. The van der Waals surface area contributed by atoms with Crippen molar-refractivity contribution < 1.29 is 19.5 Å². The van der Waals surface area contributed by atoms with E-state index in [1.165, 1.54) is 5.69 Å². The fourth-order valence-corrected chi connectivity index (χ4v) is 6.02. The Morgan fingerprint density at radius 2 is 1.81 bits per heavy atom. The molecule has 0 radical (unpaired) electrons. The second-order valence-electron chi connectivity index (χ2n) is 11.6. The SMILES string of the molecule is CC(C)C(C(=O)O)c1cc(-c2cnc(N3CC[C@H](c4cc5nnc(-c6ccccc6O)cc5n4C4CC4)C3)nc2)no1. The van der Waals surface area contributed by atoms with E-state index in [0.29, 0.717) is 46.2 Å². The third kappa shape index (κ3) is 4.64. The van der Waals surface area contributed by atoms with Crippen LogP contribution >= 0.6 is 0 Å². The molecule has 2 N–H and O–H groups in total. The molecular formula is C31H31N7O4. The number of aromatic nitrogens is 6. The molecule has 11 nitrogen and oxygen atoms in total. The molecular weight excluding hydrogens is 534 g/mol. The number of rotatable bonds is 8. The van der Waals surface area contributed by atoms with Crippen LogP contribution in [0.5, 0.6) is 5.75 Å². The van der Waals surface area contributed by atoms with Crippen LogP contribution in [0.3, 0.4) is 0 Å². The molecule has 0 amide bonds. The number of carbonyl (C=O) groups is 1. The Balaban J connectivity index is 1.12. The van der Waals surface area contributed by atoms with E-state index in [2.05, 4.69) is 40.9 Å². The molecule has 7 rings (SSSR count). The van der Waals surface area contributed by atoms with Gasteiger partial charge in [0.05, 0.1) is 11.2 Å². The first-order valence-electron chi connectivity index (χ1n) is 14.3. The second kappa shape index (κ2) is 10.2. The van der Waals surface area contributed by atoms with Gasteiger partial charge >= 0.3 is 5.97 Å². The third-order valence-electron chi connectivity index (χ3n) is 8.31. The van der Waals surface area contributed by atoms with Crippen LogP contribution < -0.4 is 4.90 Å². The molecule has 11 heteroatoms. The number of aromatic hydroxyl groups is 1. The lowest BCUT2D eigenvalue weighted by atomic mass is 9.93. The normalized spacial score (nSPS) is 17.8. The minimum Gasteiger partial charge on any atom is -0.507 e. The maximum atomic E-state index is 11.7. The predicted molar refractivity (Wildman–Crippen MR) is 155 cm³/mol. The van der Waals surface area contributed by atoms with Crippen molar-refractivity contribution in [3.63, 3.8) is 0 Å². The number of benzene rings is 1. The van der Waals surface area contributed by atoms with E-state index in [0.717, 1.165) is 43.4 Å². The molecule has 4 aromatic heterocycles.